The molecule has 0 radical (unpaired) electrons. The van der Waals surface area contributed by atoms with Crippen molar-refractivity contribution < 1.29 is 0 Å². The first-order valence-corrected chi connectivity index (χ1v) is 18.9. The molecule has 0 amide bonds. The molecule has 0 bridgehead atoms. The molecule has 54 heavy (non-hydrogen) atoms. The van der Waals surface area contributed by atoms with Gasteiger partial charge in [0.15, 0.2) is 0 Å². The molecule has 0 unspecified atom stereocenters. The van der Waals surface area contributed by atoms with Crippen LogP contribution in [-0.2, 0) is 25.7 Å². The summed E-state index contributed by atoms with van der Waals surface area (Å²) in [6, 6.07) is 40.3. The molecule has 2 aliphatic rings. The first-order valence-electron chi connectivity index (χ1n) is 18.9. The molecule has 0 atom stereocenters. The van der Waals surface area contributed by atoms with Crippen LogP contribution < -0.4 is 5.73 Å². The van der Waals surface area contributed by atoms with Crippen molar-refractivity contribution in [2.24, 2.45) is 5.73 Å². The van der Waals surface area contributed by atoms with Crippen molar-refractivity contribution in [2.45, 2.75) is 32.6 Å². The van der Waals surface area contributed by atoms with E-state index < -0.39 is 0 Å². The number of nitrogens with one attached hydrogen (secondary N) is 1. The molecule has 0 spiro atoms. The Morgan fingerprint density at radius 2 is 1.13 bits per heavy atom. The Labute approximate surface area is 315 Å². The summed E-state index contributed by atoms with van der Waals surface area (Å²) < 4.78 is 5.00. The molecule has 0 fully saturated rings. The van der Waals surface area contributed by atoms with E-state index in [9.17, 15) is 0 Å². The number of nitrogens with zero attached hydrogens (tertiary/aromatic N) is 2. The van der Waals surface area contributed by atoms with Crippen molar-refractivity contribution in [1.82, 2.24) is 9.13 Å². The van der Waals surface area contributed by atoms with E-state index in [0.717, 1.165) is 42.4 Å². The predicted octanol–water partition coefficient (Wildman–Crippen LogP) is 11.8. The summed E-state index contributed by atoms with van der Waals surface area (Å²) in [7, 11) is 0. The van der Waals surface area contributed by atoms with Crippen molar-refractivity contribution in [3.8, 4) is 22.5 Å². The fourth-order valence-corrected chi connectivity index (χ4v) is 9.54. The lowest BCUT2D eigenvalue weighted by Crippen LogP contribution is -2.16. The van der Waals surface area contributed by atoms with Crippen LogP contribution in [0.4, 0.5) is 0 Å². The van der Waals surface area contributed by atoms with Gasteiger partial charge in [-0.3, -0.25) is 0 Å². The number of aromatic nitrogens is 2. The smallest absolute Gasteiger partial charge is 0.0579 e. The Balaban J connectivity index is 1.31. The number of aryl methyl sites for hydroxylation is 4. The molecule has 260 valence electrons. The number of para-hydroxylation sites is 2. The molecule has 6 aromatic carbocycles. The molecule has 2 aromatic heterocycles. The second-order valence-corrected chi connectivity index (χ2v) is 14.5. The second kappa shape index (κ2) is 12.5. The van der Waals surface area contributed by atoms with Gasteiger partial charge in [0.25, 0.3) is 0 Å². The molecular formula is C50H40N4. The number of hydrogen-bond acceptors (Lipinski definition) is 2. The Hall–Kier alpha value is -6.65. The fraction of sp³-hybridized carbons (Fsp3) is 0.100. The number of nitrogens with two attached hydrogens (primary N) is 1. The Morgan fingerprint density at radius 3 is 1.57 bits per heavy atom. The van der Waals surface area contributed by atoms with Crippen LogP contribution in [0.5, 0.6) is 0 Å². The quantitative estimate of drug-likeness (QED) is 0.126. The Kier molecular flexibility index (Phi) is 7.41. The number of allylic oxidation sites excluding steroid dienone is 6. The summed E-state index contributed by atoms with van der Waals surface area (Å²) in [5, 5.41) is 12.9. The minimum Gasteiger partial charge on any atom is -0.405 e. The van der Waals surface area contributed by atoms with Crippen molar-refractivity contribution in [3.05, 3.63) is 180 Å². The summed E-state index contributed by atoms with van der Waals surface area (Å²) in [4.78, 5) is 0. The van der Waals surface area contributed by atoms with Crippen LogP contribution >= 0.6 is 0 Å². The van der Waals surface area contributed by atoms with E-state index in [1.54, 1.807) is 6.20 Å². The molecule has 0 aliphatic heterocycles. The van der Waals surface area contributed by atoms with Gasteiger partial charge in [0, 0.05) is 39.1 Å². The van der Waals surface area contributed by atoms with Crippen molar-refractivity contribution in [2.75, 3.05) is 0 Å². The molecule has 2 heterocycles. The van der Waals surface area contributed by atoms with E-state index in [-0.39, 0.29) is 0 Å². The van der Waals surface area contributed by atoms with E-state index in [1.807, 2.05) is 18.2 Å². The molecule has 3 N–H and O–H groups in total. The van der Waals surface area contributed by atoms with Gasteiger partial charge in [-0.2, -0.15) is 0 Å². The molecule has 4 nitrogen and oxygen atoms in total. The van der Waals surface area contributed by atoms with E-state index in [1.165, 1.54) is 100 Å². The second-order valence-electron chi connectivity index (χ2n) is 14.5. The highest BCUT2D eigenvalue weighted by molar-refractivity contribution is 6.16. The summed E-state index contributed by atoms with van der Waals surface area (Å²) in [5.41, 5.74) is 26.3. The highest BCUT2D eigenvalue weighted by Gasteiger charge is 2.33. The van der Waals surface area contributed by atoms with Crippen LogP contribution in [-0.4, -0.2) is 15.3 Å². The van der Waals surface area contributed by atoms with Crippen molar-refractivity contribution >= 4 is 61.0 Å². The normalized spacial score (nSPS) is 14.1. The molecule has 0 saturated carbocycles. The number of benzene rings is 6. The van der Waals surface area contributed by atoms with Gasteiger partial charge in [0.1, 0.15) is 0 Å². The summed E-state index contributed by atoms with van der Waals surface area (Å²) in [6.45, 7) is 6.13. The first kappa shape index (κ1) is 32.0. The highest BCUT2D eigenvalue weighted by atomic mass is 15.0. The Morgan fingerprint density at radius 1 is 0.630 bits per heavy atom. The maximum absolute atomic E-state index is 7.75. The molecule has 4 heteroatoms. The largest absolute Gasteiger partial charge is 0.405 e. The number of rotatable bonds is 7. The first-order chi connectivity index (χ1) is 26.6. The average Bonchev–Trinajstić information content (AvgIpc) is 3.73. The van der Waals surface area contributed by atoms with Gasteiger partial charge in [-0.15, -0.1) is 0 Å². The van der Waals surface area contributed by atoms with Gasteiger partial charge in [-0.25, -0.2) is 0 Å². The average molecular weight is 697 g/mol. The van der Waals surface area contributed by atoms with Crippen molar-refractivity contribution in [3.63, 3.8) is 0 Å². The molecule has 0 saturated heterocycles. The van der Waals surface area contributed by atoms with Gasteiger partial charge >= 0.3 is 0 Å². The minimum atomic E-state index is 0.952. The third-order valence-corrected chi connectivity index (χ3v) is 11.8. The van der Waals surface area contributed by atoms with Gasteiger partial charge in [0.05, 0.1) is 22.1 Å². The van der Waals surface area contributed by atoms with Crippen LogP contribution in [0.1, 0.15) is 40.3 Å². The Bertz CT molecular complexity index is 2970. The third-order valence-electron chi connectivity index (χ3n) is 11.8. The van der Waals surface area contributed by atoms with Crippen LogP contribution in [0, 0.1) is 5.41 Å². The lowest BCUT2D eigenvalue weighted by atomic mass is 9.74. The zero-order valence-corrected chi connectivity index (χ0v) is 30.4. The van der Waals surface area contributed by atoms with Crippen molar-refractivity contribution in [1.29, 1.82) is 5.41 Å². The zero-order chi connectivity index (χ0) is 36.5. The third kappa shape index (κ3) is 4.59. The van der Waals surface area contributed by atoms with Crippen LogP contribution in [0.3, 0.4) is 0 Å². The number of fused-ring (bicyclic) bond motifs is 8. The van der Waals surface area contributed by atoms with Gasteiger partial charge in [0.2, 0.25) is 0 Å². The van der Waals surface area contributed by atoms with Crippen LogP contribution in [0.15, 0.2) is 146 Å². The summed E-state index contributed by atoms with van der Waals surface area (Å²) >= 11 is 0. The SMILES string of the molecule is C=C/C(=C\C=N)c1ccc2c(c1)c1cc3c4c(c1n2-c1ccccc1)CCc1c-4c(cc2c4cc(C(/C=C\N)=C/C)ccc4n(-c4ccccc4)c12)CC3. The monoisotopic (exact) mass is 696 g/mol. The minimum absolute atomic E-state index is 0.952. The number of hydrogen-bond donors (Lipinski definition) is 2. The van der Waals surface area contributed by atoms with Gasteiger partial charge < -0.3 is 20.3 Å². The maximum Gasteiger partial charge on any atom is 0.0579 e. The zero-order valence-electron chi connectivity index (χ0n) is 30.4. The van der Waals surface area contributed by atoms with Crippen LogP contribution in [0.25, 0.3) is 77.3 Å². The van der Waals surface area contributed by atoms with E-state index >= 15 is 0 Å². The standard InChI is InChI=1S/C50H40N4/c1-3-31(23-25-51)33-17-21-45-41(27-33)43-29-35-15-16-36-30-44-42-28-34(32(4-2)24-26-52)18-22-46(42)54(38-13-9-6-10-14-38)50(44)40-20-19-39(47(35)48(36)40)49(43)53(45)37-11-7-5-8-12-37/h3-14,17-18,21-30,51H,1,15-16,19-20,52H2,2H3/b26-24-,31-23+,32-4+,51-25?. The topological polar surface area (TPSA) is 59.7 Å². The molecule has 10 rings (SSSR count). The molecular weight excluding hydrogens is 657 g/mol. The lowest BCUT2D eigenvalue weighted by Gasteiger charge is -2.31. The molecule has 2 aliphatic carbocycles. The maximum atomic E-state index is 7.75. The molecule has 8 aromatic rings. The van der Waals surface area contributed by atoms with Gasteiger partial charge in [-0.05, 0) is 167 Å². The van der Waals surface area contributed by atoms with E-state index in [2.05, 4.69) is 138 Å². The van der Waals surface area contributed by atoms with Crippen LogP contribution in [0.2, 0.25) is 0 Å². The van der Waals surface area contributed by atoms with E-state index in [4.69, 9.17) is 11.1 Å². The predicted molar refractivity (Wildman–Crippen MR) is 229 cm³/mol. The highest BCUT2D eigenvalue weighted by Crippen LogP contribution is 2.51. The van der Waals surface area contributed by atoms with E-state index in [0.29, 0.717) is 0 Å². The summed E-state index contributed by atoms with van der Waals surface area (Å²) in [5.74, 6) is 0. The summed E-state index contributed by atoms with van der Waals surface area (Å²) in [6.07, 6.45) is 14.7. The van der Waals surface area contributed by atoms with Gasteiger partial charge in [-0.1, -0.05) is 67.3 Å². The lowest BCUT2D eigenvalue weighted by molar-refractivity contribution is 0.883. The fourth-order valence-electron chi connectivity index (χ4n) is 9.54.